The van der Waals surface area contributed by atoms with E-state index in [4.69, 9.17) is 0 Å². The number of benzene rings is 1. The van der Waals surface area contributed by atoms with Crippen molar-refractivity contribution >= 4 is 17.5 Å². The van der Waals surface area contributed by atoms with Crippen LogP contribution >= 0.6 is 11.6 Å². The fraction of sp³-hybridized carbons (Fsp3) is 0.533. The predicted octanol–water partition coefficient (Wildman–Crippen LogP) is 5.35. The molecule has 0 bridgehead atoms. The fourth-order valence-corrected chi connectivity index (χ4v) is 2.11. The van der Waals surface area contributed by atoms with Crippen LogP contribution in [0.2, 0.25) is 0 Å². The molecule has 0 aromatic heterocycles. The summed E-state index contributed by atoms with van der Waals surface area (Å²) in [5.74, 6) is -40.5. The average molecular weight is 484 g/mol. The summed E-state index contributed by atoms with van der Waals surface area (Å²) in [7, 11) is 0. The van der Waals surface area contributed by atoms with E-state index >= 15 is 0 Å². The van der Waals surface area contributed by atoms with E-state index in [0.717, 1.165) is 5.32 Å². The molecule has 0 aliphatic heterocycles. The van der Waals surface area contributed by atoms with Gasteiger partial charge in [0.05, 0.1) is 0 Å². The van der Waals surface area contributed by atoms with Gasteiger partial charge in [0.15, 0.2) is 0 Å². The van der Waals surface area contributed by atoms with Gasteiger partial charge in [-0.15, -0.1) is 0 Å². The van der Waals surface area contributed by atoms with Crippen molar-refractivity contribution in [3.8, 4) is 0 Å². The largest absolute Gasteiger partial charge is 0.393 e. The lowest BCUT2D eigenvalue weighted by Crippen LogP contribution is -2.71. The number of carbonyl (C=O) groups is 1. The molecule has 1 N–H and O–H groups in total. The van der Waals surface area contributed by atoms with Gasteiger partial charge in [0.1, 0.15) is 0 Å². The van der Waals surface area contributed by atoms with E-state index in [1.54, 1.807) is 0 Å². The molecule has 0 radical (unpaired) electrons. The Morgan fingerprint density at radius 3 is 1.60 bits per heavy atom. The van der Waals surface area contributed by atoms with Gasteiger partial charge in [-0.3, -0.25) is 4.79 Å². The third-order valence-electron chi connectivity index (χ3n) is 3.76. The minimum absolute atomic E-state index is 0.294. The molecule has 1 amide bonds. The van der Waals surface area contributed by atoms with Crippen LogP contribution in [-0.4, -0.2) is 47.4 Å². The lowest BCUT2D eigenvalue weighted by atomic mass is 9.94. The summed E-state index contributed by atoms with van der Waals surface area (Å²) in [6.07, 6.45) is -0.294. The SMILES string of the molecule is O=C(NCCc1ccccc1)C(F)(F)C(F)(F)C(F)(F)C(F)(F)C(F)(F)C(F)(F)Cl. The smallest absolute Gasteiger partial charge is 0.350 e. The van der Waals surface area contributed by atoms with Gasteiger partial charge in [0.2, 0.25) is 0 Å². The number of nitrogens with one attached hydrogen (secondary N) is 1. The van der Waals surface area contributed by atoms with Gasteiger partial charge >= 0.3 is 35.0 Å². The number of halogens is 13. The standard InChI is InChI=1S/C15H10ClF12NO/c16-15(27,28)14(25,26)13(23,24)12(21,22)11(19,20)10(17,18)9(30)29-7-6-8-4-2-1-3-5-8/h1-5H,6-7H2,(H,29,30). The molecule has 1 aromatic carbocycles. The highest BCUT2D eigenvalue weighted by Gasteiger charge is 2.91. The summed E-state index contributed by atoms with van der Waals surface area (Å²) in [6.45, 7) is -0.869. The van der Waals surface area contributed by atoms with Crippen molar-refractivity contribution in [1.29, 1.82) is 0 Å². The maximum absolute atomic E-state index is 13.6. The van der Waals surface area contributed by atoms with Crippen LogP contribution in [-0.2, 0) is 11.2 Å². The second-order valence-corrected chi connectivity index (χ2v) is 6.34. The molecule has 2 nitrogen and oxygen atoms in total. The summed E-state index contributed by atoms with van der Waals surface area (Å²) in [4.78, 5) is 11.2. The molecule has 30 heavy (non-hydrogen) atoms. The van der Waals surface area contributed by atoms with Crippen LogP contribution < -0.4 is 5.32 Å². The van der Waals surface area contributed by atoms with Gasteiger partial charge in [-0.05, 0) is 23.6 Å². The number of hydrogen-bond donors (Lipinski definition) is 1. The molecular formula is C15H10ClF12NO. The Morgan fingerprint density at radius 2 is 1.17 bits per heavy atom. The Labute approximate surface area is 165 Å². The first-order valence-corrected chi connectivity index (χ1v) is 7.91. The minimum Gasteiger partial charge on any atom is -0.350 e. The maximum atomic E-state index is 13.6. The van der Waals surface area contributed by atoms with E-state index in [9.17, 15) is 57.5 Å². The van der Waals surface area contributed by atoms with Crippen molar-refractivity contribution < 1.29 is 57.5 Å². The molecule has 0 unspecified atom stereocenters. The van der Waals surface area contributed by atoms with Crippen molar-refractivity contribution in [3.05, 3.63) is 35.9 Å². The maximum Gasteiger partial charge on any atom is 0.393 e. The first-order chi connectivity index (χ1) is 13.2. The van der Waals surface area contributed by atoms with E-state index < -0.39 is 47.4 Å². The van der Waals surface area contributed by atoms with Crippen LogP contribution in [0.4, 0.5) is 52.7 Å². The normalized spacial score (nSPS) is 14.6. The lowest BCUT2D eigenvalue weighted by molar-refractivity contribution is -0.411. The van der Waals surface area contributed by atoms with Crippen LogP contribution in [0.1, 0.15) is 5.56 Å². The molecule has 0 atom stereocenters. The number of hydrogen-bond acceptors (Lipinski definition) is 1. The van der Waals surface area contributed by atoms with E-state index in [2.05, 4.69) is 11.6 Å². The molecular weight excluding hydrogens is 474 g/mol. The molecule has 0 saturated heterocycles. The van der Waals surface area contributed by atoms with Crippen molar-refractivity contribution in [1.82, 2.24) is 5.32 Å². The molecule has 0 spiro atoms. The number of carbonyl (C=O) groups excluding carboxylic acids is 1. The number of amides is 1. The molecule has 1 aromatic rings. The highest BCUT2D eigenvalue weighted by atomic mass is 35.5. The average Bonchev–Trinajstić information content (AvgIpc) is 2.60. The molecule has 0 fully saturated rings. The second-order valence-electron chi connectivity index (χ2n) is 5.86. The third kappa shape index (κ3) is 4.14. The van der Waals surface area contributed by atoms with Crippen LogP contribution in [0, 0.1) is 0 Å². The second kappa shape index (κ2) is 8.00. The Morgan fingerprint density at radius 1 is 0.733 bits per heavy atom. The third-order valence-corrected chi connectivity index (χ3v) is 4.00. The van der Waals surface area contributed by atoms with Gasteiger partial charge in [0, 0.05) is 6.54 Å². The van der Waals surface area contributed by atoms with Gasteiger partial charge in [0.25, 0.3) is 5.91 Å². The topological polar surface area (TPSA) is 29.1 Å². The van der Waals surface area contributed by atoms with Gasteiger partial charge in [-0.2, -0.15) is 52.7 Å². The molecule has 172 valence electrons. The van der Waals surface area contributed by atoms with Crippen LogP contribution in [0.5, 0.6) is 0 Å². The summed E-state index contributed by atoms with van der Waals surface area (Å²) >= 11 is 3.56. The summed E-state index contributed by atoms with van der Waals surface area (Å²) in [5.41, 5.74) is 0.355. The van der Waals surface area contributed by atoms with Crippen molar-refractivity contribution in [3.63, 3.8) is 0 Å². The number of rotatable bonds is 9. The highest BCUT2D eigenvalue weighted by molar-refractivity contribution is 6.22. The summed E-state index contributed by atoms with van der Waals surface area (Å²) in [5, 5.41) is -5.46. The molecule has 0 heterocycles. The zero-order chi connectivity index (χ0) is 23.8. The molecule has 0 aliphatic carbocycles. The Kier molecular flexibility index (Phi) is 6.98. The molecule has 0 aliphatic rings. The van der Waals surface area contributed by atoms with E-state index in [-0.39, 0.29) is 6.42 Å². The lowest BCUT2D eigenvalue weighted by Gasteiger charge is -2.39. The van der Waals surface area contributed by atoms with Crippen molar-refractivity contribution in [2.24, 2.45) is 0 Å². The molecule has 0 saturated carbocycles. The quantitative estimate of drug-likeness (QED) is 0.372. The Hall–Kier alpha value is -1.86. The predicted molar refractivity (Wildman–Crippen MR) is 78.7 cm³/mol. The zero-order valence-corrected chi connectivity index (χ0v) is 14.9. The first kappa shape index (κ1) is 26.2. The van der Waals surface area contributed by atoms with Crippen LogP contribution in [0.15, 0.2) is 30.3 Å². The van der Waals surface area contributed by atoms with Gasteiger partial charge in [-0.25, -0.2) is 0 Å². The monoisotopic (exact) mass is 483 g/mol. The van der Waals surface area contributed by atoms with E-state index in [1.807, 2.05) is 0 Å². The number of alkyl halides is 13. The molecule has 1 rings (SSSR count). The summed E-state index contributed by atoms with van der Waals surface area (Å²) < 4.78 is 158. The van der Waals surface area contributed by atoms with Crippen LogP contribution in [0.25, 0.3) is 0 Å². The zero-order valence-electron chi connectivity index (χ0n) is 14.1. The Balaban J connectivity index is 3.14. The fourth-order valence-electron chi connectivity index (χ4n) is 1.99. The van der Waals surface area contributed by atoms with E-state index in [0.29, 0.717) is 5.56 Å². The van der Waals surface area contributed by atoms with Crippen molar-refractivity contribution in [2.75, 3.05) is 6.54 Å². The first-order valence-electron chi connectivity index (χ1n) is 7.53. The molecule has 15 heteroatoms. The van der Waals surface area contributed by atoms with Gasteiger partial charge < -0.3 is 5.32 Å². The van der Waals surface area contributed by atoms with Gasteiger partial charge in [-0.1, -0.05) is 30.3 Å². The van der Waals surface area contributed by atoms with Crippen molar-refractivity contribution in [2.45, 2.75) is 41.4 Å². The van der Waals surface area contributed by atoms with Crippen LogP contribution in [0.3, 0.4) is 0 Å². The Bertz CT molecular complexity index is 748. The summed E-state index contributed by atoms with van der Waals surface area (Å²) in [6, 6.07) is 7.22. The minimum atomic E-state index is -7.83. The highest BCUT2D eigenvalue weighted by Crippen LogP contribution is 2.60. The van der Waals surface area contributed by atoms with E-state index in [1.165, 1.54) is 30.3 Å².